The number of benzene rings is 3. The number of ketones is 1. The molecule has 1 aliphatic heterocycles. The SMILES string of the molecule is CCOc1cc(C2C(=C(O)c3c(C)nc4ccccn34)C(=O)C(=O)N2c2nc3ccc(C)cc3s2)ccc1OCc1ccccc1. The minimum absolute atomic E-state index is 0.0606. The minimum Gasteiger partial charge on any atom is -0.505 e. The number of imidazole rings is 1. The van der Waals surface area contributed by atoms with Crippen molar-refractivity contribution in [2.24, 2.45) is 0 Å². The van der Waals surface area contributed by atoms with Crippen LogP contribution in [0.2, 0.25) is 0 Å². The Labute approximate surface area is 269 Å². The highest BCUT2D eigenvalue weighted by Gasteiger charge is 2.49. The maximum Gasteiger partial charge on any atom is 0.301 e. The summed E-state index contributed by atoms with van der Waals surface area (Å²) in [4.78, 5) is 38.6. The summed E-state index contributed by atoms with van der Waals surface area (Å²) in [5.41, 5.74) is 4.72. The van der Waals surface area contributed by atoms with Crippen LogP contribution in [0.4, 0.5) is 5.13 Å². The molecular formula is C36H30N4O5S. The number of Topliss-reactive ketones (excluding diaryl/α,β-unsaturated/α-hetero) is 1. The molecule has 1 N–H and O–H groups in total. The van der Waals surface area contributed by atoms with Gasteiger partial charge in [-0.25, -0.2) is 9.97 Å². The number of amides is 1. The number of aliphatic hydroxyl groups excluding tert-OH is 1. The topological polar surface area (TPSA) is 106 Å². The molecular weight excluding hydrogens is 600 g/mol. The van der Waals surface area contributed by atoms with E-state index in [2.05, 4.69) is 4.98 Å². The lowest BCUT2D eigenvalue weighted by atomic mass is 9.96. The van der Waals surface area contributed by atoms with E-state index < -0.39 is 17.7 Å². The highest BCUT2D eigenvalue weighted by molar-refractivity contribution is 7.22. The quantitative estimate of drug-likeness (QED) is 0.108. The Balaban J connectivity index is 1.40. The first kappa shape index (κ1) is 29.2. The van der Waals surface area contributed by atoms with Gasteiger partial charge < -0.3 is 14.6 Å². The summed E-state index contributed by atoms with van der Waals surface area (Å²) >= 11 is 1.32. The molecule has 9 nitrogen and oxygen atoms in total. The second-order valence-corrected chi connectivity index (χ2v) is 12.0. The van der Waals surface area contributed by atoms with Crippen molar-refractivity contribution in [1.82, 2.24) is 14.4 Å². The number of rotatable bonds is 8. The fraction of sp³-hybridized carbons (Fsp3) is 0.167. The fourth-order valence-corrected chi connectivity index (χ4v) is 6.90. The smallest absolute Gasteiger partial charge is 0.301 e. The summed E-state index contributed by atoms with van der Waals surface area (Å²) < 4.78 is 14.7. The third kappa shape index (κ3) is 5.06. The van der Waals surface area contributed by atoms with Gasteiger partial charge in [-0.3, -0.25) is 18.9 Å². The van der Waals surface area contributed by atoms with Gasteiger partial charge >= 0.3 is 5.91 Å². The van der Waals surface area contributed by atoms with Crippen LogP contribution < -0.4 is 14.4 Å². The van der Waals surface area contributed by atoms with E-state index in [4.69, 9.17) is 14.5 Å². The number of pyridine rings is 1. The summed E-state index contributed by atoms with van der Waals surface area (Å²) in [6.45, 7) is 6.31. The molecule has 0 bridgehead atoms. The second-order valence-electron chi connectivity index (χ2n) is 11.0. The van der Waals surface area contributed by atoms with Gasteiger partial charge in [-0.15, -0.1) is 0 Å². The van der Waals surface area contributed by atoms with Crippen molar-refractivity contribution < 1.29 is 24.2 Å². The van der Waals surface area contributed by atoms with Crippen molar-refractivity contribution in [1.29, 1.82) is 0 Å². The Morgan fingerprint density at radius 3 is 2.52 bits per heavy atom. The van der Waals surface area contributed by atoms with Gasteiger partial charge in [0.15, 0.2) is 22.4 Å². The number of nitrogens with zero attached hydrogens (tertiary/aromatic N) is 4. The predicted molar refractivity (Wildman–Crippen MR) is 177 cm³/mol. The van der Waals surface area contributed by atoms with Gasteiger partial charge in [0, 0.05) is 6.20 Å². The van der Waals surface area contributed by atoms with Crippen molar-refractivity contribution >= 4 is 49.8 Å². The van der Waals surface area contributed by atoms with Crippen LogP contribution >= 0.6 is 11.3 Å². The van der Waals surface area contributed by atoms with Crippen molar-refractivity contribution in [3.05, 3.63) is 125 Å². The van der Waals surface area contributed by atoms with Gasteiger partial charge in [0.25, 0.3) is 5.78 Å². The summed E-state index contributed by atoms with van der Waals surface area (Å²) in [6, 6.07) is 25.4. The van der Waals surface area contributed by atoms with E-state index in [0.717, 1.165) is 15.8 Å². The number of hydrogen-bond donors (Lipinski definition) is 1. The first-order chi connectivity index (χ1) is 22.3. The summed E-state index contributed by atoms with van der Waals surface area (Å²) in [7, 11) is 0. The zero-order valence-corrected chi connectivity index (χ0v) is 26.2. The number of aliphatic hydroxyl groups is 1. The van der Waals surface area contributed by atoms with E-state index in [1.165, 1.54) is 16.2 Å². The summed E-state index contributed by atoms with van der Waals surface area (Å²) in [5.74, 6) is -0.949. The maximum atomic E-state index is 13.9. The largest absolute Gasteiger partial charge is 0.505 e. The molecule has 0 aliphatic carbocycles. The highest BCUT2D eigenvalue weighted by Crippen LogP contribution is 2.46. The summed E-state index contributed by atoms with van der Waals surface area (Å²) in [5, 5.41) is 12.3. The standard InChI is InChI=1S/C36H30N4O5S/c1-4-44-27-19-24(14-16-26(27)45-20-23-10-6-5-7-11-23)32-30(33(41)31-22(3)37-29-12-8-9-17-39(29)31)34(42)35(43)40(32)36-38-25-15-13-21(2)18-28(25)46-36/h5-19,32,41H,4,20H2,1-3H3. The molecule has 10 heteroatoms. The summed E-state index contributed by atoms with van der Waals surface area (Å²) in [6.07, 6.45) is 1.76. The zero-order valence-electron chi connectivity index (χ0n) is 25.4. The third-order valence-electron chi connectivity index (χ3n) is 7.93. The van der Waals surface area contributed by atoms with E-state index in [1.807, 2.05) is 80.6 Å². The zero-order chi connectivity index (χ0) is 31.9. The Morgan fingerprint density at radius 2 is 1.72 bits per heavy atom. The van der Waals surface area contributed by atoms with Crippen LogP contribution in [0.25, 0.3) is 21.6 Å². The number of carbonyl (C=O) groups excluding carboxylic acids is 2. The van der Waals surface area contributed by atoms with Crippen molar-refractivity contribution in [2.45, 2.75) is 33.4 Å². The second kappa shape index (κ2) is 11.8. The van der Waals surface area contributed by atoms with Crippen LogP contribution in [-0.4, -0.2) is 37.8 Å². The molecule has 230 valence electrons. The molecule has 7 rings (SSSR count). The molecule has 1 aliphatic rings. The van der Waals surface area contributed by atoms with Crippen LogP contribution in [0, 0.1) is 13.8 Å². The molecule has 1 fully saturated rings. The Kier molecular flexibility index (Phi) is 7.50. The Bertz CT molecular complexity index is 2170. The van der Waals surface area contributed by atoms with Crippen LogP contribution in [0.15, 0.2) is 96.7 Å². The normalized spacial score (nSPS) is 16.1. The first-order valence-electron chi connectivity index (χ1n) is 14.9. The number of thiazole rings is 1. The number of hydrogen-bond acceptors (Lipinski definition) is 8. The molecule has 6 aromatic rings. The van der Waals surface area contributed by atoms with Crippen LogP contribution in [0.3, 0.4) is 0 Å². The number of anilines is 1. The fourth-order valence-electron chi connectivity index (χ4n) is 5.81. The average molecular weight is 631 g/mol. The molecule has 0 saturated carbocycles. The lowest BCUT2D eigenvalue weighted by Gasteiger charge is -2.24. The molecule has 0 spiro atoms. The first-order valence-corrected chi connectivity index (χ1v) is 15.7. The molecule has 1 saturated heterocycles. The molecule has 3 aromatic heterocycles. The van der Waals surface area contributed by atoms with Crippen LogP contribution in [0.5, 0.6) is 11.5 Å². The number of aromatic nitrogens is 3. The third-order valence-corrected chi connectivity index (χ3v) is 8.95. The van der Waals surface area contributed by atoms with Crippen molar-refractivity contribution in [3.63, 3.8) is 0 Å². The van der Waals surface area contributed by atoms with Crippen molar-refractivity contribution in [3.8, 4) is 11.5 Å². The van der Waals surface area contributed by atoms with Gasteiger partial charge in [-0.05, 0) is 73.9 Å². The lowest BCUT2D eigenvalue weighted by molar-refractivity contribution is -0.132. The number of carbonyl (C=O) groups is 2. The van der Waals surface area contributed by atoms with E-state index >= 15 is 0 Å². The number of ether oxygens (including phenoxy) is 2. The van der Waals surface area contributed by atoms with Crippen LogP contribution in [-0.2, 0) is 16.2 Å². The van der Waals surface area contributed by atoms with Crippen LogP contribution in [0.1, 0.15) is 41.0 Å². The van der Waals surface area contributed by atoms with E-state index in [0.29, 0.717) is 58.0 Å². The van der Waals surface area contributed by atoms with E-state index in [-0.39, 0.29) is 11.3 Å². The average Bonchev–Trinajstić information content (AvgIpc) is 3.71. The monoisotopic (exact) mass is 630 g/mol. The molecule has 1 unspecified atom stereocenters. The van der Waals surface area contributed by atoms with Gasteiger partial charge in [-0.1, -0.05) is 59.9 Å². The number of aryl methyl sites for hydroxylation is 2. The number of fused-ring (bicyclic) bond motifs is 2. The maximum absolute atomic E-state index is 13.9. The molecule has 0 radical (unpaired) electrons. The Morgan fingerprint density at radius 1 is 0.913 bits per heavy atom. The molecule has 1 amide bonds. The molecule has 46 heavy (non-hydrogen) atoms. The van der Waals surface area contributed by atoms with E-state index in [9.17, 15) is 14.7 Å². The van der Waals surface area contributed by atoms with Gasteiger partial charge in [0.2, 0.25) is 0 Å². The van der Waals surface area contributed by atoms with Crippen molar-refractivity contribution in [2.75, 3.05) is 11.5 Å². The molecule has 3 aromatic carbocycles. The minimum atomic E-state index is -1.00. The van der Waals surface area contributed by atoms with E-state index in [1.54, 1.807) is 35.7 Å². The Hall–Kier alpha value is -5.48. The highest BCUT2D eigenvalue weighted by atomic mass is 32.1. The molecule has 1 atom stereocenters. The lowest BCUT2D eigenvalue weighted by Crippen LogP contribution is -2.29. The van der Waals surface area contributed by atoms with Gasteiger partial charge in [-0.2, -0.15) is 0 Å². The van der Waals surface area contributed by atoms with Gasteiger partial charge in [0.1, 0.15) is 17.9 Å². The molecule has 4 heterocycles. The van der Waals surface area contributed by atoms with Gasteiger partial charge in [0.05, 0.1) is 34.1 Å². The predicted octanol–water partition coefficient (Wildman–Crippen LogP) is 7.16.